The van der Waals surface area contributed by atoms with Gasteiger partial charge in [-0.05, 0) is 25.7 Å². The third-order valence-corrected chi connectivity index (χ3v) is 10.6. The summed E-state index contributed by atoms with van der Waals surface area (Å²) in [6, 6.07) is 0. The Labute approximate surface area is 404 Å². The molecule has 0 aliphatic heterocycles. The van der Waals surface area contributed by atoms with Gasteiger partial charge in [0.15, 0.2) is 0 Å². The molecule has 0 saturated carbocycles. The predicted octanol–water partition coefficient (Wildman–Crippen LogP) is 13.5. The van der Waals surface area contributed by atoms with Crippen LogP contribution in [0.5, 0.6) is 0 Å². The molecular formula is C48H105NaO10S2. The van der Waals surface area contributed by atoms with Gasteiger partial charge in [-0.1, -0.05) is 259 Å². The summed E-state index contributed by atoms with van der Waals surface area (Å²) in [6.07, 6.45) is 56.3. The van der Waals surface area contributed by atoms with Crippen LogP contribution >= 0.6 is 0 Å². The zero-order chi connectivity index (χ0) is 45.5. The van der Waals surface area contributed by atoms with Crippen molar-refractivity contribution in [3.05, 3.63) is 0 Å². The van der Waals surface area contributed by atoms with E-state index in [0.717, 1.165) is 26.4 Å². The van der Waals surface area contributed by atoms with Gasteiger partial charge in [0, 0.05) is 26.4 Å². The molecule has 0 radical (unpaired) electrons. The van der Waals surface area contributed by atoms with Gasteiger partial charge >= 0.3 is 50.4 Å². The van der Waals surface area contributed by atoms with Crippen molar-refractivity contribution in [1.82, 2.24) is 0 Å². The van der Waals surface area contributed by atoms with Crippen molar-refractivity contribution in [3.8, 4) is 0 Å². The van der Waals surface area contributed by atoms with Crippen LogP contribution in [0.2, 0.25) is 0 Å². The first-order chi connectivity index (χ1) is 28.8. The van der Waals surface area contributed by atoms with E-state index < -0.39 is 20.8 Å². The first kappa shape index (κ1) is 70.7. The van der Waals surface area contributed by atoms with E-state index >= 15 is 0 Å². The van der Waals surface area contributed by atoms with Crippen molar-refractivity contribution < 1.29 is 75.5 Å². The minimum Gasteiger partial charge on any atom is -1.00 e. The van der Waals surface area contributed by atoms with Crippen LogP contribution in [0.3, 0.4) is 0 Å². The monoisotopic (exact) mass is 929 g/mol. The van der Waals surface area contributed by atoms with Gasteiger partial charge in [0.2, 0.25) is 0 Å². The van der Waals surface area contributed by atoms with Crippen LogP contribution in [0.4, 0.5) is 0 Å². The largest absolute Gasteiger partial charge is 1.00 e. The summed E-state index contributed by atoms with van der Waals surface area (Å²) in [6.45, 7) is 13.1. The van der Waals surface area contributed by atoms with Crippen LogP contribution < -0.4 is 29.6 Å². The molecule has 370 valence electrons. The third-order valence-electron chi connectivity index (χ3n) is 10.6. The fraction of sp³-hybridized carbons (Fsp3) is 1.00. The Bertz CT molecular complexity index is 828. The van der Waals surface area contributed by atoms with Crippen LogP contribution in [0, 0.1) is 0 Å². The van der Waals surface area contributed by atoms with Gasteiger partial charge in [-0.2, -0.15) is 16.8 Å². The Hall–Kier alpha value is 0.660. The predicted molar refractivity (Wildman–Crippen MR) is 258 cm³/mol. The van der Waals surface area contributed by atoms with Gasteiger partial charge in [-0.15, -0.1) is 0 Å². The summed E-state index contributed by atoms with van der Waals surface area (Å²) in [7, 11) is -9.33. The molecule has 0 unspecified atom stereocenters. The van der Waals surface area contributed by atoms with Crippen LogP contribution in [0.1, 0.15) is 286 Å². The Morgan fingerprint density at radius 1 is 0.262 bits per heavy atom. The first-order valence-corrected chi connectivity index (χ1v) is 28.2. The molecule has 0 heterocycles. The van der Waals surface area contributed by atoms with E-state index in [2.05, 4.69) is 27.7 Å². The minimum absolute atomic E-state index is 0. The standard InChI is InChI=1S/2C24H50O.Na.2H2O4S.H/c2*1-3-5-7-9-11-13-15-17-19-21-23-25-24-22-20-18-16-14-12-10-8-6-4-2;;2*1-5(2,3)4;/h2*3-24H2,1-2H3;;2*(H2,1,2,3,4);/q;;+1;;;-1. The van der Waals surface area contributed by atoms with E-state index in [4.69, 9.17) is 44.5 Å². The maximum Gasteiger partial charge on any atom is 1.00 e. The molecule has 0 aromatic heterocycles. The van der Waals surface area contributed by atoms with Gasteiger partial charge in [0.1, 0.15) is 0 Å². The van der Waals surface area contributed by atoms with Crippen molar-refractivity contribution in [1.29, 1.82) is 0 Å². The summed E-state index contributed by atoms with van der Waals surface area (Å²) in [5.41, 5.74) is 0. The Kier molecular flexibility index (Phi) is 72.7. The molecule has 0 amide bonds. The van der Waals surface area contributed by atoms with Gasteiger partial charge in [-0.3, -0.25) is 18.2 Å². The maximum absolute atomic E-state index is 8.74. The maximum atomic E-state index is 8.74. The third kappa shape index (κ3) is 105. The van der Waals surface area contributed by atoms with Crippen LogP contribution in [-0.4, -0.2) is 61.5 Å². The van der Waals surface area contributed by atoms with Gasteiger partial charge < -0.3 is 10.9 Å². The second-order valence-electron chi connectivity index (χ2n) is 16.8. The van der Waals surface area contributed by atoms with E-state index in [9.17, 15) is 0 Å². The average molecular weight is 929 g/mol. The smallest absolute Gasteiger partial charge is 1.00 e. The summed E-state index contributed by atoms with van der Waals surface area (Å²) in [5.74, 6) is 0. The second kappa shape index (κ2) is 62.7. The summed E-state index contributed by atoms with van der Waals surface area (Å²) < 4.78 is 74.7. The van der Waals surface area contributed by atoms with Crippen molar-refractivity contribution in [2.45, 2.75) is 285 Å². The normalized spacial score (nSPS) is 11.1. The second-order valence-corrected chi connectivity index (χ2v) is 18.6. The van der Waals surface area contributed by atoms with Gasteiger partial charge in [0.25, 0.3) is 0 Å². The molecule has 0 rings (SSSR count). The van der Waals surface area contributed by atoms with Crippen molar-refractivity contribution in [2.24, 2.45) is 0 Å². The Balaban J connectivity index is -0.000000201. The van der Waals surface area contributed by atoms with Crippen molar-refractivity contribution in [3.63, 3.8) is 0 Å². The van der Waals surface area contributed by atoms with Crippen LogP contribution in [0.25, 0.3) is 0 Å². The van der Waals surface area contributed by atoms with Crippen LogP contribution in [0.15, 0.2) is 0 Å². The van der Waals surface area contributed by atoms with Crippen molar-refractivity contribution >= 4 is 20.8 Å². The zero-order valence-electron chi connectivity index (χ0n) is 42.2. The van der Waals surface area contributed by atoms with Crippen LogP contribution in [-0.2, 0) is 30.3 Å². The summed E-state index contributed by atoms with van der Waals surface area (Å²) in [4.78, 5) is 0. The molecule has 0 bridgehead atoms. The molecule has 0 fully saturated rings. The van der Waals surface area contributed by atoms with E-state index in [0.29, 0.717) is 0 Å². The fourth-order valence-electron chi connectivity index (χ4n) is 6.97. The van der Waals surface area contributed by atoms with E-state index in [1.54, 1.807) is 0 Å². The molecular weight excluding hydrogens is 824 g/mol. The number of hydrogen-bond donors (Lipinski definition) is 4. The fourth-order valence-corrected chi connectivity index (χ4v) is 6.97. The summed E-state index contributed by atoms with van der Waals surface area (Å²) in [5, 5.41) is 0. The molecule has 0 atom stereocenters. The number of unbranched alkanes of at least 4 members (excludes halogenated alkanes) is 36. The van der Waals surface area contributed by atoms with Gasteiger partial charge in [-0.25, -0.2) is 0 Å². The molecule has 10 nitrogen and oxygen atoms in total. The number of hydrogen-bond acceptors (Lipinski definition) is 6. The molecule has 0 aromatic rings. The average Bonchev–Trinajstić information content (AvgIpc) is 3.18. The molecule has 0 spiro atoms. The van der Waals surface area contributed by atoms with E-state index in [1.807, 2.05) is 0 Å². The minimum atomic E-state index is -4.67. The molecule has 13 heteroatoms. The zero-order valence-corrected chi connectivity index (χ0v) is 44.8. The van der Waals surface area contributed by atoms with Crippen molar-refractivity contribution in [2.75, 3.05) is 26.4 Å². The van der Waals surface area contributed by atoms with E-state index in [1.165, 1.54) is 257 Å². The molecule has 0 aliphatic carbocycles. The van der Waals surface area contributed by atoms with E-state index in [-0.39, 0.29) is 31.0 Å². The number of ether oxygens (including phenoxy) is 2. The molecule has 0 aliphatic rings. The molecule has 4 N–H and O–H groups in total. The summed E-state index contributed by atoms with van der Waals surface area (Å²) >= 11 is 0. The SMILES string of the molecule is CCCCCCCCCCCCOCCCCCCCCCCCC.CCCCCCCCCCCCOCCCCCCCCCCCC.O=S(=O)(O)O.O=S(=O)(O)O.[H-].[Na+]. The molecule has 0 saturated heterocycles. The Morgan fingerprint density at radius 3 is 0.475 bits per heavy atom. The molecule has 0 aromatic carbocycles. The Morgan fingerprint density at radius 2 is 0.361 bits per heavy atom. The quantitative estimate of drug-likeness (QED) is 0.0262. The molecule has 61 heavy (non-hydrogen) atoms. The topological polar surface area (TPSA) is 168 Å². The van der Waals surface area contributed by atoms with Gasteiger partial charge in [0.05, 0.1) is 0 Å². The number of rotatable bonds is 44. The first-order valence-electron chi connectivity index (χ1n) is 25.4.